The smallest absolute Gasteiger partial charge is 0.402 e. The Kier molecular flexibility index (Phi) is 4.20. The summed E-state index contributed by atoms with van der Waals surface area (Å²) in [4.78, 5) is 10.7. The van der Waals surface area contributed by atoms with E-state index in [4.69, 9.17) is 5.11 Å². The van der Waals surface area contributed by atoms with Gasteiger partial charge in [0.1, 0.15) is 12.6 Å². The Bertz CT molecular complexity index is 423. The highest BCUT2D eigenvalue weighted by atomic mass is 32.2. The monoisotopic (exact) mass is 292 g/mol. The molecule has 3 N–H and O–H groups in total. The first-order valence-corrected chi connectivity index (χ1v) is 6.21. The number of β-amino-alcohol motifs (C(OH)–C–C–N with tert-alkyl or cyclic N) is 1. The maximum Gasteiger partial charge on any atom is 0.402 e. The third-order valence-corrected chi connectivity index (χ3v) is 3.81. The Morgan fingerprint density at radius 1 is 1.44 bits per heavy atom. The zero-order valence-electron chi connectivity index (χ0n) is 8.88. The largest absolute Gasteiger partial charge is 0.480 e. The van der Waals surface area contributed by atoms with E-state index in [2.05, 4.69) is 0 Å². The van der Waals surface area contributed by atoms with Crippen LogP contribution in [0.4, 0.5) is 13.2 Å². The minimum Gasteiger partial charge on any atom is -0.480 e. The van der Waals surface area contributed by atoms with Crippen LogP contribution in [-0.4, -0.2) is 60.3 Å². The summed E-state index contributed by atoms with van der Waals surface area (Å²) in [6.07, 6.45) is -6.32. The summed E-state index contributed by atoms with van der Waals surface area (Å²) in [6.45, 7) is -2.35. The molecule has 106 valence electrons. The van der Waals surface area contributed by atoms with Crippen LogP contribution in [0.1, 0.15) is 6.42 Å². The van der Waals surface area contributed by atoms with Gasteiger partial charge in [-0.1, -0.05) is 0 Å². The summed E-state index contributed by atoms with van der Waals surface area (Å²) >= 11 is 0. The van der Waals surface area contributed by atoms with Gasteiger partial charge in [-0.05, 0) is 0 Å². The van der Waals surface area contributed by atoms with E-state index in [0.29, 0.717) is 4.31 Å². The molecule has 1 saturated heterocycles. The van der Waals surface area contributed by atoms with Gasteiger partial charge in [0.05, 0.1) is 6.10 Å². The number of carboxylic acid groups (broad SMARTS) is 1. The van der Waals surface area contributed by atoms with Gasteiger partial charge >= 0.3 is 12.1 Å². The van der Waals surface area contributed by atoms with Crippen LogP contribution in [-0.2, 0) is 15.0 Å². The minimum absolute atomic E-state index is 0.311. The fourth-order valence-electron chi connectivity index (χ4n) is 1.53. The Hall–Kier alpha value is -0.910. The summed E-state index contributed by atoms with van der Waals surface area (Å²) in [5.74, 6) is -1.52. The Labute approximate surface area is 100 Å². The molecule has 0 spiro atoms. The fraction of sp³-hybridized carbons (Fsp3) is 0.857. The van der Waals surface area contributed by atoms with Crippen molar-refractivity contribution in [3.63, 3.8) is 0 Å². The van der Waals surface area contributed by atoms with E-state index in [1.807, 2.05) is 0 Å². The van der Waals surface area contributed by atoms with Gasteiger partial charge in [-0.25, -0.2) is 0 Å². The molecule has 0 aromatic heterocycles. The van der Waals surface area contributed by atoms with E-state index >= 15 is 0 Å². The average molecular weight is 292 g/mol. The molecular formula is C7H11F3N2O5S. The maximum absolute atomic E-state index is 11.9. The number of carbonyl (C=O) groups is 1. The molecular weight excluding hydrogens is 281 g/mol. The molecule has 0 radical (unpaired) electrons. The van der Waals surface area contributed by atoms with Crippen molar-refractivity contribution in [3.05, 3.63) is 0 Å². The second-order valence-corrected chi connectivity index (χ2v) is 5.46. The van der Waals surface area contributed by atoms with Gasteiger partial charge in [0.15, 0.2) is 0 Å². The second-order valence-electron chi connectivity index (χ2n) is 3.75. The van der Waals surface area contributed by atoms with Crippen LogP contribution in [0, 0.1) is 0 Å². The molecule has 0 aromatic carbocycles. The van der Waals surface area contributed by atoms with Crippen molar-refractivity contribution in [2.24, 2.45) is 0 Å². The van der Waals surface area contributed by atoms with Crippen LogP contribution in [0.5, 0.6) is 0 Å². The quantitative estimate of drug-likeness (QED) is 0.610. The topological polar surface area (TPSA) is 107 Å². The van der Waals surface area contributed by atoms with Crippen molar-refractivity contribution in [1.29, 1.82) is 0 Å². The fourth-order valence-corrected chi connectivity index (χ4v) is 2.92. The number of hydrogen-bond acceptors (Lipinski definition) is 4. The Balaban J connectivity index is 2.81. The number of aliphatic hydroxyl groups is 1. The van der Waals surface area contributed by atoms with Crippen LogP contribution in [0.25, 0.3) is 0 Å². The SMILES string of the molecule is O=C(O)C1CC(O)CN1S(=O)(=O)NCC(F)(F)F. The third-order valence-electron chi connectivity index (χ3n) is 2.28. The summed E-state index contributed by atoms with van der Waals surface area (Å²) in [6, 6.07) is -1.56. The normalized spacial score (nSPS) is 26.4. The summed E-state index contributed by atoms with van der Waals surface area (Å²) < 4.78 is 60.2. The lowest BCUT2D eigenvalue weighted by Gasteiger charge is -2.21. The molecule has 0 aromatic rings. The number of alkyl halides is 3. The van der Waals surface area contributed by atoms with Crippen molar-refractivity contribution < 1.29 is 36.6 Å². The van der Waals surface area contributed by atoms with Crippen molar-refractivity contribution in [1.82, 2.24) is 9.03 Å². The summed E-state index contributed by atoms with van der Waals surface area (Å²) in [7, 11) is -4.60. The lowest BCUT2D eigenvalue weighted by molar-refractivity contribution is -0.140. The second kappa shape index (κ2) is 4.99. The molecule has 1 aliphatic rings. The predicted molar refractivity (Wildman–Crippen MR) is 51.7 cm³/mol. The van der Waals surface area contributed by atoms with Crippen molar-refractivity contribution in [2.45, 2.75) is 24.7 Å². The first kappa shape index (κ1) is 15.1. The standard InChI is InChI=1S/C7H11F3N2O5S/c8-7(9,10)3-11-18(16,17)12-2-4(13)1-5(12)6(14)15/h4-5,11,13H,1-3H2,(H,14,15). The number of aliphatic carboxylic acids is 1. The lowest BCUT2D eigenvalue weighted by Crippen LogP contribution is -2.48. The van der Waals surface area contributed by atoms with E-state index < -0.39 is 47.6 Å². The van der Waals surface area contributed by atoms with Crippen molar-refractivity contribution >= 4 is 16.2 Å². The number of rotatable bonds is 4. The number of carboxylic acids is 1. The molecule has 1 fully saturated rings. The molecule has 1 heterocycles. The van der Waals surface area contributed by atoms with Crippen LogP contribution >= 0.6 is 0 Å². The van der Waals surface area contributed by atoms with Gasteiger partial charge < -0.3 is 10.2 Å². The van der Waals surface area contributed by atoms with Gasteiger partial charge in [-0.15, -0.1) is 0 Å². The van der Waals surface area contributed by atoms with E-state index in [1.54, 1.807) is 0 Å². The van der Waals surface area contributed by atoms with Gasteiger partial charge in [-0.2, -0.15) is 30.6 Å². The molecule has 0 amide bonds. The Morgan fingerprint density at radius 2 is 2.00 bits per heavy atom. The number of nitrogens with one attached hydrogen (secondary N) is 1. The van der Waals surface area contributed by atoms with Gasteiger partial charge in [0, 0.05) is 13.0 Å². The van der Waals surface area contributed by atoms with Gasteiger partial charge in [-0.3, -0.25) is 4.79 Å². The maximum atomic E-state index is 11.9. The van der Waals surface area contributed by atoms with Gasteiger partial charge in [0.25, 0.3) is 10.2 Å². The third kappa shape index (κ3) is 3.80. The summed E-state index contributed by atoms with van der Waals surface area (Å²) in [5, 5.41) is 17.9. The molecule has 1 rings (SSSR count). The average Bonchev–Trinajstić information content (AvgIpc) is 2.57. The molecule has 0 saturated carbocycles. The number of aliphatic hydroxyl groups excluding tert-OH is 1. The molecule has 1 aliphatic heterocycles. The Morgan fingerprint density at radius 3 is 2.44 bits per heavy atom. The lowest BCUT2D eigenvalue weighted by atomic mass is 10.2. The van der Waals surface area contributed by atoms with E-state index in [9.17, 15) is 31.5 Å². The zero-order valence-corrected chi connectivity index (χ0v) is 9.70. The van der Waals surface area contributed by atoms with E-state index in [-0.39, 0.29) is 6.42 Å². The molecule has 2 atom stereocenters. The van der Waals surface area contributed by atoms with E-state index in [0.717, 1.165) is 0 Å². The molecule has 0 aliphatic carbocycles. The highest BCUT2D eigenvalue weighted by Crippen LogP contribution is 2.22. The molecule has 7 nitrogen and oxygen atoms in total. The number of halogens is 3. The highest BCUT2D eigenvalue weighted by molar-refractivity contribution is 7.87. The first-order valence-electron chi connectivity index (χ1n) is 4.77. The van der Waals surface area contributed by atoms with E-state index in [1.165, 1.54) is 4.72 Å². The predicted octanol–water partition coefficient (Wildman–Crippen LogP) is -1.10. The first-order chi connectivity index (χ1) is 8.03. The molecule has 0 bridgehead atoms. The van der Waals surface area contributed by atoms with Crippen LogP contribution in [0.2, 0.25) is 0 Å². The van der Waals surface area contributed by atoms with Crippen LogP contribution < -0.4 is 4.72 Å². The highest BCUT2D eigenvalue weighted by Gasteiger charge is 2.44. The number of hydrogen-bond donors (Lipinski definition) is 3. The number of nitrogens with zero attached hydrogens (tertiary/aromatic N) is 1. The molecule has 11 heteroatoms. The molecule has 2 unspecified atom stereocenters. The van der Waals surface area contributed by atoms with Gasteiger partial charge in [0.2, 0.25) is 0 Å². The van der Waals surface area contributed by atoms with Crippen molar-refractivity contribution in [2.75, 3.05) is 13.1 Å². The van der Waals surface area contributed by atoms with Crippen LogP contribution in [0.3, 0.4) is 0 Å². The zero-order chi connectivity index (χ0) is 14.1. The molecule has 18 heavy (non-hydrogen) atoms. The minimum atomic E-state index is -4.75. The van der Waals surface area contributed by atoms with Crippen molar-refractivity contribution in [3.8, 4) is 0 Å². The summed E-state index contributed by atoms with van der Waals surface area (Å²) in [5.41, 5.74) is 0. The van der Waals surface area contributed by atoms with Crippen LogP contribution in [0.15, 0.2) is 0 Å².